The topological polar surface area (TPSA) is 69.1 Å². The molecule has 0 radical (unpaired) electrons. The molecule has 0 spiro atoms. The summed E-state index contributed by atoms with van der Waals surface area (Å²) in [6.07, 6.45) is 2.77. The van der Waals surface area contributed by atoms with E-state index in [1.165, 1.54) is 0 Å². The molecule has 1 unspecified atom stereocenters. The maximum atomic E-state index is 13.1. The van der Waals surface area contributed by atoms with E-state index in [1.54, 1.807) is 29.2 Å². The van der Waals surface area contributed by atoms with Gasteiger partial charge in [0.25, 0.3) is 5.91 Å². The molecule has 0 aliphatic heterocycles. The third kappa shape index (κ3) is 4.34. The lowest BCUT2D eigenvalue weighted by Crippen LogP contribution is -2.42. The molecule has 0 bridgehead atoms. The molecule has 0 saturated heterocycles. The monoisotopic (exact) mass is 375 g/mol. The van der Waals surface area contributed by atoms with Crippen LogP contribution in [0, 0.1) is 17.2 Å². The van der Waals surface area contributed by atoms with E-state index in [4.69, 9.17) is 4.74 Å². The Balaban J connectivity index is 1.85. The van der Waals surface area contributed by atoms with Crippen LogP contribution in [0.15, 0.2) is 54.7 Å². The number of nitrogens with zero attached hydrogens (tertiary/aromatic N) is 2. The van der Waals surface area contributed by atoms with Gasteiger partial charge in [0.1, 0.15) is 11.8 Å². The van der Waals surface area contributed by atoms with Gasteiger partial charge < -0.3 is 14.6 Å². The van der Waals surface area contributed by atoms with Gasteiger partial charge in [0.2, 0.25) is 0 Å². The Morgan fingerprint density at radius 3 is 2.71 bits per heavy atom. The van der Waals surface area contributed by atoms with E-state index in [0.717, 1.165) is 23.0 Å². The first kappa shape index (κ1) is 19.5. The highest BCUT2D eigenvalue weighted by atomic mass is 16.5. The van der Waals surface area contributed by atoms with Crippen LogP contribution in [0.2, 0.25) is 0 Å². The molecule has 3 aromatic rings. The lowest BCUT2D eigenvalue weighted by Gasteiger charge is -2.30. The van der Waals surface area contributed by atoms with Crippen molar-refractivity contribution in [3.63, 3.8) is 0 Å². The Kier molecular flexibility index (Phi) is 6.00. The summed E-state index contributed by atoms with van der Waals surface area (Å²) in [6, 6.07) is 17.0. The largest absolute Gasteiger partial charge is 0.482 e. The molecule has 1 atom stereocenters. The van der Waals surface area contributed by atoms with Crippen molar-refractivity contribution in [1.82, 2.24) is 4.98 Å². The summed E-state index contributed by atoms with van der Waals surface area (Å²) in [4.78, 5) is 18.1. The Hall–Kier alpha value is -3.26. The molecule has 1 amide bonds. The zero-order valence-corrected chi connectivity index (χ0v) is 16.5. The quantitative estimate of drug-likeness (QED) is 0.639. The van der Waals surface area contributed by atoms with Crippen LogP contribution in [0.5, 0.6) is 5.75 Å². The number of carbonyl (C=O) groups is 1. The molecule has 0 aliphatic rings. The van der Waals surface area contributed by atoms with Crippen molar-refractivity contribution in [1.29, 1.82) is 5.26 Å². The number of hydrogen-bond acceptors (Lipinski definition) is 3. The average molecular weight is 375 g/mol. The first-order valence-electron chi connectivity index (χ1n) is 9.50. The van der Waals surface area contributed by atoms with Gasteiger partial charge in [-0.2, -0.15) is 5.26 Å². The Morgan fingerprint density at radius 2 is 1.96 bits per heavy atom. The number of anilines is 1. The molecule has 0 aliphatic carbocycles. The van der Waals surface area contributed by atoms with Gasteiger partial charge in [-0.3, -0.25) is 4.79 Å². The fourth-order valence-electron chi connectivity index (χ4n) is 3.52. The van der Waals surface area contributed by atoms with Gasteiger partial charge in [0, 0.05) is 28.8 Å². The average Bonchev–Trinajstić information content (AvgIpc) is 3.14. The number of rotatable bonds is 7. The fraction of sp³-hybridized carbons (Fsp3) is 0.304. The number of benzene rings is 2. The van der Waals surface area contributed by atoms with Crippen molar-refractivity contribution in [2.24, 2.45) is 5.92 Å². The number of hydrogen-bond donors (Lipinski definition) is 1. The van der Waals surface area contributed by atoms with E-state index in [1.807, 2.05) is 30.5 Å². The standard InChI is InChI=1S/C23H25N3O2/c1-16(2)12-17(3)26(20-8-9-21-18(13-20)10-11-25-21)23(27)15-28-22-7-5-4-6-19(22)14-24/h4-11,13,16-17,25H,12,15H2,1-3H3. The molecular weight excluding hydrogens is 350 g/mol. The summed E-state index contributed by atoms with van der Waals surface area (Å²) >= 11 is 0. The minimum Gasteiger partial charge on any atom is -0.482 e. The minimum atomic E-state index is -0.129. The summed E-state index contributed by atoms with van der Waals surface area (Å²) in [5, 5.41) is 10.3. The number of ether oxygens (including phenoxy) is 1. The van der Waals surface area contributed by atoms with Gasteiger partial charge >= 0.3 is 0 Å². The lowest BCUT2D eigenvalue weighted by atomic mass is 10.0. The van der Waals surface area contributed by atoms with E-state index in [0.29, 0.717) is 17.2 Å². The first-order valence-corrected chi connectivity index (χ1v) is 9.50. The van der Waals surface area contributed by atoms with Crippen molar-refractivity contribution in [2.75, 3.05) is 11.5 Å². The predicted molar refractivity (Wildman–Crippen MR) is 111 cm³/mol. The van der Waals surface area contributed by atoms with Crippen molar-refractivity contribution in [3.05, 3.63) is 60.3 Å². The highest BCUT2D eigenvalue weighted by Crippen LogP contribution is 2.26. The summed E-state index contributed by atoms with van der Waals surface area (Å²) in [5.41, 5.74) is 2.31. The number of aromatic nitrogens is 1. The van der Waals surface area contributed by atoms with Crippen molar-refractivity contribution in [3.8, 4) is 11.8 Å². The summed E-state index contributed by atoms with van der Waals surface area (Å²) in [5.74, 6) is 0.758. The third-order valence-corrected chi connectivity index (χ3v) is 4.70. The highest BCUT2D eigenvalue weighted by Gasteiger charge is 2.24. The third-order valence-electron chi connectivity index (χ3n) is 4.70. The Bertz CT molecular complexity index is 1000. The predicted octanol–water partition coefficient (Wildman–Crippen LogP) is 4.89. The number of nitrogens with one attached hydrogen (secondary N) is 1. The van der Waals surface area contributed by atoms with Crippen LogP contribution >= 0.6 is 0 Å². The van der Waals surface area contributed by atoms with Gasteiger partial charge in [-0.05, 0) is 55.7 Å². The molecule has 5 heteroatoms. The number of carbonyl (C=O) groups excluding carboxylic acids is 1. The van der Waals surface area contributed by atoms with E-state index in [-0.39, 0.29) is 18.6 Å². The molecular formula is C23H25N3O2. The van der Waals surface area contributed by atoms with E-state index < -0.39 is 0 Å². The van der Waals surface area contributed by atoms with E-state index in [2.05, 4.69) is 31.8 Å². The maximum absolute atomic E-state index is 13.1. The van der Waals surface area contributed by atoms with Crippen LogP contribution in [-0.4, -0.2) is 23.5 Å². The molecule has 1 N–H and O–H groups in total. The molecule has 0 fully saturated rings. The Morgan fingerprint density at radius 1 is 1.18 bits per heavy atom. The van der Waals surface area contributed by atoms with Crippen LogP contribution in [0.25, 0.3) is 10.9 Å². The zero-order chi connectivity index (χ0) is 20.1. The van der Waals surface area contributed by atoms with Gasteiger partial charge in [0.05, 0.1) is 5.56 Å². The van der Waals surface area contributed by atoms with Crippen LogP contribution in [-0.2, 0) is 4.79 Å². The summed E-state index contributed by atoms with van der Waals surface area (Å²) < 4.78 is 5.70. The molecule has 5 nitrogen and oxygen atoms in total. The Labute approximate surface area is 165 Å². The minimum absolute atomic E-state index is 0.0266. The number of H-pyrrole nitrogens is 1. The first-order chi connectivity index (χ1) is 13.5. The SMILES string of the molecule is CC(C)CC(C)N(C(=O)COc1ccccc1C#N)c1ccc2[nH]ccc2c1. The molecule has 0 saturated carbocycles. The van der Waals surface area contributed by atoms with Gasteiger partial charge in [0.15, 0.2) is 6.61 Å². The van der Waals surface area contributed by atoms with Crippen molar-refractivity contribution >= 4 is 22.5 Å². The number of aromatic amines is 1. The van der Waals surface area contributed by atoms with Crippen LogP contribution < -0.4 is 9.64 Å². The number of para-hydroxylation sites is 1. The second kappa shape index (κ2) is 8.62. The molecule has 3 rings (SSSR count). The second-order valence-corrected chi connectivity index (χ2v) is 7.39. The molecule has 1 aromatic heterocycles. The van der Waals surface area contributed by atoms with E-state index >= 15 is 0 Å². The summed E-state index contributed by atoms with van der Waals surface area (Å²) in [7, 11) is 0. The van der Waals surface area contributed by atoms with Crippen molar-refractivity contribution < 1.29 is 9.53 Å². The van der Waals surface area contributed by atoms with Crippen molar-refractivity contribution in [2.45, 2.75) is 33.2 Å². The van der Waals surface area contributed by atoms with Crippen LogP contribution in [0.3, 0.4) is 0 Å². The normalized spacial score (nSPS) is 12.0. The maximum Gasteiger partial charge on any atom is 0.265 e. The molecule has 28 heavy (non-hydrogen) atoms. The van der Waals surface area contributed by atoms with Crippen LogP contribution in [0.1, 0.15) is 32.8 Å². The zero-order valence-electron chi connectivity index (χ0n) is 16.5. The fourth-order valence-corrected chi connectivity index (χ4v) is 3.52. The van der Waals surface area contributed by atoms with Gasteiger partial charge in [-0.1, -0.05) is 26.0 Å². The number of nitriles is 1. The molecule has 2 aromatic carbocycles. The number of amides is 1. The second-order valence-electron chi connectivity index (χ2n) is 7.39. The van der Waals surface area contributed by atoms with Gasteiger partial charge in [-0.25, -0.2) is 0 Å². The summed E-state index contributed by atoms with van der Waals surface area (Å²) in [6.45, 7) is 6.23. The van der Waals surface area contributed by atoms with Gasteiger partial charge in [-0.15, -0.1) is 0 Å². The smallest absolute Gasteiger partial charge is 0.265 e. The van der Waals surface area contributed by atoms with E-state index in [9.17, 15) is 10.1 Å². The molecule has 1 heterocycles. The highest BCUT2D eigenvalue weighted by molar-refractivity contribution is 5.97. The lowest BCUT2D eigenvalue weighted by molar-refractivity contribution is -0.121. The van der Waals surface area contributed by atoms with Crippen LogP contribution in [0.4, 0.5) is 5.69 Å². The molecule has 144 valence electrons. The number of fused-ring (bicyclic) bond motifs is 1.